The molecule has 0 radical (unpaired) electrons. The quantitative estimate of drug-likeness (QED) is 0.932. The number of nitrogens with two attached hydrogens (primary N) is 1. The lowest BCUT2D eigenvalue weighted by molar-refractivity contribution is 0.268. The number of amidine groups is 1. The molecule has 2 aromatic carbocycles. The summed E-state index contributed by atoms with van der Waals surface area (Å²) in [5, 5.41) is -0.272. The van der Waals surface area contributed by atoms with Gasteiger partial charge >= 0.3 is 5.24 Å². The molecular formula is C17H14N2O2S. The van der Waals surface area contributed by atoms with E-state index in [4.69, 9.17) is 10.5 Å². The summed E-state index contributed by atoms with van der Waals surface area (Å²) in [6, 6.07) is 17.6. The zero-order chi connectivity index (χ0) is 15.4. The number of thioether (sulfide) groups is 1. The van der Waals surface area contributed by atoms with Gasteiger partial charge < -0.3 is 10.5 Å². The van der Waals surface area contributed by atoms with Crippen LogP contribution in [0.2, 0.25) is 0 Å². The number of rotatable bonds is 4. The molecule has 1 heterocycles. The highest BCUT2D eigenvalue weighted by Gasteiger charge is 2.18. The number of nitrogens with zero attached hydrogens (tertiary/aromatic N) is 1. The van der Waals surface area contributed by atoms with Gasteiger partial charge in [-0.2, -0.15) is 4.99 Å². The van der Waals surface area contributed by atoms with Crippen molar-refractivity contribution < 1.29 is 9.53 Å². The van der Waals surface area contributed by atoms with E-state index in [9.17, 15) is 4.79 Å². The Morgan fingerprint density at radius 1 is 1.09 bits per heavy atom. The van der Waals surface area contributed by atoms with Gasteiger partial charge in [-0.15, -0.1) is 0 Å². The third-order valence-electron chi connectivity index (χ3n) is 3.09. The topological polar surface area (TPSA) is 64.7 Å². The number of amides is 1. The third kappa shape index (κ3) is 3.56. The maximum absolute atomic E-state index is 11.2. The predicted octanol–water partition coefficient (Wildman–Crippen LogP) is 3.83. The first kappa shape index (κ1) is 14.4. The number of ether oxygens (including phenoxy) is 1. The van der Waals surface area contributed by atoms with Crippen LogP contribution in [0.25, 0.3) is 6.08 Å². The van der Waals surface area contributed by atoms with Crippen molar-refractivity contribution in [3.8, 4) is 5.75 Å². The Hall–Kier alpha value is -2.53. The van der Waals surface area contributed by atoms with Gasteiger partial charge in [0.05, 0.1) is 4.91 Å². The molecule has 0 aliphatic carbocycles. The first-order valence-electron chi connectivity index (χ1n) is 6.75. The minimum Gasteiger partial charge on any atom is -0.489 e. The summed E-state index contributed by atoms with van der Waals surface area (Å²) in [7, 11) is 0. The van der Waals surface area contributed by atoms with Crippen LogP contribution < -0.4 is 10.5 Å². The van der Waals surface area contributed by atoms with Gasteiger partial charge in [0.15, 0.2) is 0 Å². The van der Waals surface area contributed by atoms with Crippen LogP contribution in [-0.4, -0.2) is 11.1 Å². The Labute approximate surface area is 132 Å². The van der Waals surface area contributed by atoms with E-state index < -0.39 is 0 Å². The lowest BCUT2D eigenvalue weighted by Crippen LogP contribution is -2.08. The fourth-order valence-corrected chi connectivity index (χ4v) is 2.66. The van der Waals surface area contributed by atoms with Gasteiger partial charge in [0.25, 0.3) is 0 Å². The van der Waals surface area contributed by atoms with Crippen LogP contribution >= 0.6 is 11.8 Å². The average molecular weight is 310 g/mol. The van der Waals surface area contributed by atoms with E-state index in [1.54, 1.807) is 0 Å². The van der Waals surface area contributed by atoms with Gasteiger partial charge in [-0.3, -0.25) is 4.79 Å². The summed E-state index contributed by atoms with van der Waals surface area (Å²) >= 11 is 1.04. The van der Waals surface area contributed by atoms with E-state index in [0.29, 0.717) is 11.5 Å². The highest BCUT2D eigenvalue weighted by atomic mass is 32.2. The summed E-state index contributed by atoms with van der Waals surface area (Å²) in [6.45, 7) is 0.533. The summed E-state index contributed by atoms with van der Waals surface area (Å²) in [6.07, 6.45) is 1.84. The van der Waals surface area contributed by atoms with Crippen LogP contribution in [0.15, 0.2) is 64.5 Å². The molecule has 5 heteroatoms. The van der Waals surface area contributed by atoms with Crippen LogP contribution in [0.3, 0.4) is 0 Å². The van der Waals surface area contributed by atoms with E-state index >= 15 is 0 Å². The monoisotopic (exact) mass is 310 g/mol. The predicted molar refractivity (Wildman–Crippen MR) is 89.8 cm³/mol. The van der Waals surface area contributed by atoms with Gasteiger partial charge in [-0.25, -0.2) is 0 Å². The molecule has 1 amide bonds. The number of aliphatic imine (C=N–C) groups is 1. The molecular weight excluding hydrogens is 296 g/mol. The molecule has 110 valence electrons. The smallest absolute Gasteiger partial charge is 0.311 e. The SMILES string of the molecule is NC1=NC(=O)SC1=Cc1ccc(OCc2ccccc2)cc1. The molecule has 0 saturated carbocycles. The maximum Gasteiger partial charge on any atom is 0.311 e. The molecule has 4 nitrogen and oxygen atoms in total. The number of carbonyl (C=O) groups excluding carboxylic acids is 1. The summed E-state index contributed by atoms with van der Waals surface area (Å²) < 4.78 is 5.73. The van der Waals surface area contributed by atoms with E-state index in [1.807, 2.05) is 60.7 Å². The van der Waals surface area contributed by atoms with Gasteiger partial charge in [-0.05, 0) is 41.1 Å². The van der Waals surface area contributed by atoms with Crippen molar-refractivity contribution in [2.45, 2.75) is 6.61 Å². The Kier molecular flexibility index (Phi) is 4.25. The Morgan fingerprint density at radius 3 is 2.45 bits per heavy atom. The van der Waals surface area contributed by atoms with Crippen molar-refractivity contribution in [2.24, 2.45) is 10.7 Å². The molecule has 1 aliphatic rings. The van der Waals surface area contributed by atoms with E-state index in [1.165, 1.54) is 0 Å². The molecule has 0 unspecified atom stereocenters. The molecule has 0 spiro atoms. The molecule has 0 atom stereocenters. The van der Waals surface area contributed by atoms with Crippen LogP contribution in [-0.2, 0) is 6.61 Å². The average Bonchev–Trinajstić information content (AvgIpc) is 2.85. The summed E-state index contributed by atoms with van der Waals surface area (Å²) in [4.78, 5) is 15.5. The molecule has 0 fully saturated rings. The van der Waals surface area contributed by atoms with Gasteiger partial charge in [-0.1, -0.05) is 42.5 Å². The largest absolute Gasteiger partial charge is 0.489 e. The van der Waals surface area contributed by atoms with E-state index in [2.05, 4.69) is 4.99 Å². The van der Waals surface area contributed by atoms with Gasteiger partial charge in [0.2, 0.25) is 0 Å². The molecule has 2 aromatic rings. The Bertz CT molecular complexity index is 737. The number of hydrogen-bond donors (Lipinski definition) is 1. The van der Waals surface area contributed by atoms with E-state index in [0.717, 1.165) is 28.6 Å². The molecule has 0 bridgehead atoms. The van der Waals surface area contributed by atoms with Crippen molar-refractivity contribution in [3.63, 3.8) is 0 Å². The molecule has 22 heavy (non-hydrogen) atoms. The van der Waals surface area contributed by atoms with Crippen molar-refractivity contribution in [1.82, 2.24) is 0 Å². The van der Waals surface area contributed by atoms with Crippen molar-refractivity contribution in [3.05, 3.63) is 70.6 Å². The first-order valence-corrected chi connectivity index (χ1v) is 7.57. The molecule has 1 aliphatic heterocycles. The second-order valence-corrected chi connectivity index (χ2v) is 5.71. The Balaban J connectivity index is 1.65. The summed E-state index contributed by atoms with van der Waals surface area (Å²) in [5.41, 5.74) is 7.74. The fourth-order valence-electron chi connectivity index (χ4n) is 1.98. The minimum atomic E-state index is -0.272. The number of benzene rings is 2. The molecule has 0 saturated heterocycles. The fraction of sp³-hybridized carbons (Fsp3) is 0.0588. The normalized spacial score (nSPS) is 15.9. The van der Waals surface area contributed by atoms with Crippen molar-refractivity contribution >= 4 is 28.9 Å². The van der Waals surface area contributed by atoms with Gasteiger partial charge in [0, 0.05) is 0 Å². The van der Waals surface area contributed by atoms with Crippen LogP contribution in [0, 0.1) is 0 Å². The van der Waals surface area contributed by atoms with Crippen molar-refractivity contribution in [2.75, 3.05) is 0 Å². The number of hydrogen-bond acceptors (Lipinski definition) is 4. The standard InChI is InChI=1S/C17H14N2O2S/c18-16-15(22-17(20)19-16)10-12-6-8-14(9-7-12)21-11-13-4-2-1-3-5-13/h1-10H,11H2,(H2,18,19,20). The molecule has 3 rings (SSSR count). The van der Waals surface area contributed by atoms with E-state index in [-0.39, 0.29) is 11.1 Å². The molecule has 0 aromatic heterocycles. The molecule has 2 N–H and O–H groups in total. The minimum absolute atomic E-state index is 0.272. The second-order valence-electron chi connectivity index (χ2n) is 4.72. The Morgan fingerprint density at radius 2 is 1.82 bits per heavy atom. The zero-order valence-electron chi connectivity index (χ0n) is 11.7. The lowest BCUT2D eigenvalue weighted by Gasteiger charge is -2.06. The van der Waals surface area contributed by atoms with Gasteiger partial charge in [0.1, 0.15) is 18.2 Å². The summed E-state index contributed by atoms with van der Waals surface area (Å²) in [5.74, 6) is 1.07. The van der Waals surface area contributed by atoms with Crippen LogP contribution in [0.1, 0.15) is 11.1 Å². The highest BCUT2D eigenvalue weighted by molar-refractivity contribution is 8.18. The maximum atomic E-state index is 11.2. The number of carbonyl (C=O) groups is 1. The van der Waals surface area contributed by atoms with Crippen molar-refractivity contribution in [1.29, 1.82) is 0 Å². The van der Waals surface area contributed by atoms with Crippen LogP contribution in [0.5, 0.6) is 5.75 Å². The second kappa shape index (κ2) is 6.49. The zero-order valence-corrected chi connectivity index (χ0v) is 12.5. The first-order chi connectivity index (χ1) is 10.7. The highest BCUT2D eigenvalue weighted by Crippen LogP contribution is 2.27. The lowest BCUT2D eigenvalue weighted by atomic mass is 10.2. The third-order valence-corrected chi connectivity index (χ3v) is 3.90. The van der Waals surface area contributed by atoms with Crippen LogP contribution in [0.4, 0.5) is 4.79 Å².